The SMILES string of the molecule is COc1cc(OC)cc(-c2ccc3c(c2)ncn3-c2ccc(OC)c(Cl)c2)c1. The van der Waals surface area contributed by atoms with E-state index in [1.807, 2.05) is 53.1 Å². The van der Waals surface area contributed by atoms with E-state index in [1.165, 1.54) is 0 Å². The van der Waals surface area contributed by atoms with Crippen LogP contribution < -0.4 is 14.2 Å². The lowest BCUT2D eigenvalue weighted by Gasteiger charge is -2.10. The normalized spacial score (nSPS) is 10.9. The molecule has 0 spiro atoms. The molecular formula is C22H19ClN2O3. The van der Waals surface area contributed by atoms with Crippen molar-refractivity contribution in [3.63, 3.8) is 0 Å². The number of rotatable bonds is 5. The molecule has 0 saturated heterocycles. The summed E-state index contributed by atoms with van der Waals surface area (Å²) in [5.41, 5.74) is 4.82. The third-order valence-electron chi connectivity index (χ3n) is 4.65. The Morgan fingerprint density at radius 2 is 1.54 bits per heavy atom. The van der Waals surface area contributed by atoms with Gasteiger partial charge < -0.3 is 14.2 Å². The van der Waals surface area contributed by atoms with Crippen LogP contribution in [0.4, 0.5) is 0 Å². The van der Waals surface area contributed by atoms with Gasteiger partial charge in [0.2, 0.25) is 0 Å². The van der Waals surface area contributed by atoms with Crippen LogP contribution in [0.5, 0.6) is 17.2 Å². The average Bonchev–Trinajstić information content (AvgIpc) is 3.16. The molecule has 4 rings (SSSR count). The van der Waals surface area contributed by atoms with E-state index < -0.39 is 0 Å². The molecule has 0 atom stereocenters. The van der Waals surface area contributed by atoms with Gasteiger partial charge in [0.1, 0.15) is 23.6 Å². The largest absolute Gasteiger partial charge is 0.497 e. The summed E-state index contributed by atoms with van der Waals surface area (Å²) in [7, 11) is 4.88. The Hall–Kier alpha value is -3.18. The predicted octanol–water partition coefficient (Wildman–Crippen LogP) is 5.37. The fourth-order valence-electron chi connectivity index (χ4n) is 3.18. The average molecular weight is 395 g/mol. The van der Waals surface area contributed by atoms with Crippen LogP contribution in [0.15, 0.2) is 60.9 Å². The van der Waals surface area contributed by atoms with Crippen LogP contribution in [0, 0.1) is 0 Å². The molecule has 0 bridgehead atoms. The van der Waals surface area contributed by atoms with E-state index >= 15 is 0 Å². The van der Waals surface area contributed by atoms with Crippen molar-refractivity contribution in [1.29, 1.82) is 0 Å². The van der Waals surface area contributed by atoms with E-state index in [2.05, 4.69) is 11.1 Å². The smallest absolute Gasteiger partial charge is 0.137 e. The van der Waals surface area contributed by atoms with E-state index in [9.17, 15) is 0 Å². The molecule has 0 saturated carbocycles. The van der Waals surface area contributed by atoms with E-state index in [4.69, 9.17) is 25.8 Å². The first kappa shape index (κ1) is 18.2. The zero-order chi connectivity index (χ0) is 19.7. The number of nitrogens with zero attached hydrogens (tertiary/aromatic N) is 2. The van der Waals surface area contributed by atoms with Gasteiger partial charge in [-0.2, -0.15) is 0 Å². The Bertz CT molecular complexity index is 1130. The minimum absolute atomic E-state index is 0.557. The minimum Gasteiger partial charge on any atom is -0.497 e. The maximum absolute atomic E-state index is 6.28. The zero-order valence-electron chi connectivity index (χ0n) is 15.8. The van der Waals surface area contributed by atoms with Crippen LogP contribution in [-0.4, -0.2) is 30.9 Å². The zero-order valence-corrected chi connectivity index (χ0v) is 16.5. The highest BCUT2D eigenvalue weighted by atomic mass is 35.5. The van der Waals surface area contributed by atoms with Gasteiger partial charge in [0.05, 0.1) is 37.4 Å². The number of fused-ring (bicyclic) bond motifs is 1. The van der Waals surface area contributed by atoms with Gasteiger partial charge in [0, 0.05) is 11.8 Å². The van der Waals surface area contributed by atoms with Crippen molar-refractivity contribution in [1.82, 2.24) is 9.55 Å². The number of halogens is 1. The monoisotopic (exact) mass is 394 g/mol. The number of ether oxygens (including phenoxy) is 3. The van der Waals surface area contributed by atoms with Crippen molar-refractivity contribution in [3.8, 4) is 34.1 Å². The number of methoxy groups -OCH3 is 3. The number of hydrogen-bond donors (Lipinski definition) is 0. The van der Waals surface area contributed by atoms with Gasteiger partial charge in [-0.25, -0.2) is 4.98 Å². The summed E-state index contributed by atoms with van der Waals surface area (Å²) in [6.45, 7) is 0. The standard InChI is InChI=1S/C22H19ClN2O3/c1-26-17-8-15(9-18(12-17)27-2)14-4-6-21-20(10-14)24-13-25(21)16-5-7-22(28-3)19(23)11-16/h4-13H,1-3H3. The molecule has 0 amide bonds. The fraction of sp³-hybridized carbons (Fsp3) is 0.136. The molecule has 0 fully saturated rings. The third kappa shape index (κ3) is 3.25. The van der Waals surface area contributed by atoms with Crippen molar-refractivity contribution in [2.75, 3.05) is 21.3 Å². The molecule has 142 valence electrons. The van der Waals surface area contributed by atoms with E-state index in [-0.39, 0.29) is 0 Å². The molecule has 5 nitrogen and oxygen atoms in total. The molecule has 0 radical (unpaired) electrons. The molecule has 1 heterocycles. The number of hydrogen-bond acceptors (Lipinski definition) is 4. The lowest BCUT2D eigenvalue weighted by atomic mass is 10.0. The molecule has 28 heavy (non-hydrogen) atoms. The van der Waals surface area contributed by atoms with Gasteiger partial charge in [-0.3, -0.25) is 4.57 Å². The van der Waals surface area contributed by atoms with Gasteiger partial charge >= 0.3 is 0 Å². The summed E-state index contributed by atoms with van der Waals surface area (Å²) in [6.07, 6.45) is 1.79. The first-order valence-corrected chi connectivity index (χ1v) is 9.05. The highest BCUT2D eigenvalue weighted by Crippen LogP contribution is 2.32. The molecule has 0 unspecified atom stereocenters. The lowest BCUT2D eigenvalue weighted by molar-refractivity contribution is 0.394. The third-order valence-corrected chi connectivity index (χ3v) is 4.94. The maximum atomic E-state index is 6.28. The first-order valence-electron chi connectivity index (χ1n) is 8.67. The van der Waals surface area contributed by atoms with Gasteiger partial charge in [-0.15, -0.1) is 0 Å². The van der Waals surface area contributed by atoms with Crippen molar-refractivity contribution >= 4 is 22.6 Å². The van der Waals surface area contributed by atoms with Gasteiger partial charge in [0.15, 0.2) is 0 Å². The van der Waals surface area contributed by atoms with Crippen molar-refractivity contribution in [2.24, 2.45) is 0 Å². The van der Waals surface area contributed by atoms with Crippen LogP contribution in [0.25, 0.3) is 27.8 Å². The second-order valence-corrected chi connectivity index (χ2v) is 6.65. The maximum Gasteiger partial charge on any atom is 0.137 e. The van der Waals surface area contributed by atoms with Crippen molar-refractivity contribution in [2.45, 2.75) is 0 Å². The van der Waals surface area contributed by atoms with E-state index in [0.29, 0.717) is 10.8 Å². The summed E-state index contributed by atoms with van der Waals surface area (Å²) >= 11 is 6.28. The van der Waals surface area contributed by atoms with Crippen LogP contribution in [-0.2, 0) is 0 Å². The summed E-state index contributed by atoms with van der Waals surface area (Å²) < 4.78 is 18.0. The van der Waals surface area contributed by atoms with E-state index in [0.717, 1.165) is 39.3 Å². The molecule has 0 aliphatic heterocycles. The Morgan fingerprint density at radius 1 is 0.786 bits per heavy atom. The summed E-state index contributed by atoms with van der Waals surface area (Å²) in [5, 5.41) is 0.557. The van der Waals surface area contributed by atoms with E-state index in [1.54, 1.807) is 27.7 Å². The molecule has 6 heteroatoms. The highest BCUT2D eigenvalue weighted by Gasteiger charge is 2.10. The van der Waals surface area contributed by atoms with Gasteiger partial charge in [0.25, 0.3) is 0 Å². The lowest BCUT2D eigenvalue weighted by Crippen LogP contribution is -1.93. The topological polar surface area (TPSA) is 45.5 Å². The fourth-order valence-corrected chi connectivity index (χ4v) is 3.43. The highest BCUT2D eigenvalue weighted by molar-refractivity contribution is 6.32. The van der Waals surface area contributed by atoms with Crippen molar-refractivity contribution < 1.29 is 14.2 Å². The van der Waals surface area contributed by atoms with Gasteiger partial charge in [-0.05, 0) is 53.6 Å². The molecule has 0 N–H and O–H groups in total. The number of imidazole rings is 1. The van der Waals surface area contributed by atoms with Crippen LogP contribution >= 0.6 is 11.6 Å². The van der Waals surface area contributed by atoms with Crippen LogP contribution in [0.1, 0.15) is 0 Å². The Morgan fingerprint density at radius 3 is 2.18 bits per heavy atom. The number of aromatic nitrogens is 2. The summed E-state index contributed by atoms with van der Waals surface area (Å²) in [5.74, 6) is 2.13. The molecule has 1 aromatic heterocycles. The first-order chi connectivity index (χ1) is 13.6. The number of benzene rings is 3. The second-order valence-electron chi connectivity index (χ2n) is 6.24. The summed E-state index contributed by atoms with van der Waals surface area (Å²) in [4.78, 5) is 4.56. The molecule has 4 aromatic rings. The molecule has 3 aromatic carbocycles. The Labute approximate surface area is 168 Å². The minimum atomic E-state index is 0.557. The van der Waals surface area contributed by atoms with Crippen molar-refractivity contribution in [3.05, 3.63) is 65.9 Å². The summed E-state index contributed by atoms with van der Waals surface area (Å²) in [6, 6.07) is 17.6. The quantitative estimate of drug-likeness (QED) is 0.456. The molecular weight excluding hydrogens is 376 g/mol. The molecule has 0 aliphatic rings. The predicted molar refractivity (Wildman–Crippen MR) is 111 cm³/mol. The molecule has 0 aliphatic carbocycles. The van der Waals surface area contributed by atoms with Crippen LogP contribution in [0.3, 0.4) is 0 Å². The van der Waals surface area contributed by atoms with Gasteiger partial charge in [-0.1, -0.05) is 17.7 Å². The Kier molecular flexibility index (Phi) is 4.84. The Balaban J connectivity index is 1.77. The van der Waals surface area contributed by atoms with Crippen LogP contribution in [0.2, 0.25) is 5.02 Å². The second kappa shape index (κ2) is 7.44.